The molecule has 6 heteroatoms. The number of amides is 2. The van der Waals surface area contributed by atoms with Crippen molar-refractivity contribution in [1.29, 1.82) is 0 Å². The Kier molecular flexibility index (Phi) is 4.35. The quantitative estimate of drug-likeness (QED) is 0.297. The summed E-state index contributed by atoms with van der Waals surface area (Å²) in [6.07, 6.45) is 3.86. The Bertz CT molecular complexity index is 1560. The van der Waals surface area contributed by atoms with E-state index in [-0.39, 0.29) is 23.6 Å². The molecule has 4 heterocycles. The number of anilines is 1. The molecule has 0 N–H and O–H groups in total. The third-order valence-electron chi connectivity index (χ3n) is 7.49. The van der Waals surface area contributed by atoms with Gasteiger partial charge in [0, 0.05) is 6.20 Å². The third-order valence-corrected chi connectivity index (χ3v) is 8.37. The molecule has 4 unspecified atom stereocenters. The van der Waals surface area contributed by atoms with Crippen LogP contribution in [0.15, 0.2) is 90.4 Å². The van der Waals surface area contributed by atoms with Gasteiger partial charge in [0.1, 0.15) is 6.04 Å². The van der Waals surface area contributed by atoms with Crippen LogP contribution >= 0.6 is 11.3 Å². The molecule has 0 radical (unpaired) electrons. The molecule has 7 rings (SSSR count). The summed E-state index contributed by atoms with van der Waals surface area (Å²) in [5.41, 5.74) is 2.55. The van der Waals surface area contributed by atoms with Crippen LogP contribution in [0.1, 0.15) is 26.8 Å². The number of rotatable bonds is 3. The Labute approximate surface area is 205 Å². The van der Waals surface area contributed by atoms with Crippen LogP contribution in [-0.2, 0) is 9.59 Å². The van der Waals surface area contributed by atoms with Crippen molar-refractivity contribution in [3.05, 3.63) is 106 Å². The molecule has 3 aromatic carbocycles. The number of carbonyl (C=O) groups excluding carboxylic acids is 3. The van der Waals surface area contributed by atoms with Gasteiger partial charge in [0.05, 0.1) is 28.4 Å². The predicted octanol–water partition coefficient (Wildman–Crippen LogP) is 5.30. The maximum absolute atomic E-state index is 14.0. The summed E-state index contributed by atoms with van der Waals surface area (Å²) in [6.45, 7) is 0. The molecule has 3 aliphatic rings. The van der Waals surface area contributed by atoms with E-state index >= 15 is 0 Å². The fraction of sp³-hybridized carbons (Fsp3) is 0.138. The van der Waals surface area contributed by atoms with E-state index in [1.54, 1.807) is 6.07 Å². The lowest BCUT2D eigenvalue weighted by Crippen LogP contribution is -2.44. The Morgan fingerprint density at radius 3 is 2.40 bits per heavy atom. The second kappa shape index (κ2) is 7.48. The van der Waals surface area contributed by atoms with Crippen molar-refractivity contribution in [2.75, 3.05) is 4.90 Å². The van der Waals surface area contributed by atoms with Crippen molar-refractivity contribution in [1.82, 2.24) is 4.90 Å². The molecule has 2 fully saturated rings. The lowest BCUT2D eigenvalue weighted by molar-refractivity contribution is -0.123. The summed E-state index contributed by atoms with van der Waals surface area (Å²) >= 11 is 1.37. The maximum Gasteiger partial charge on any atom is 0.240 e. The Morgan fingerprint density at radius 1 is 0.800 bits per heavy atom. The molecule has 1 aromatic heterocycles. The lowest BCUT2D eigenvalue weighted by atomic mass is 9.84. The highest BCUT2D eigenvalue weighted by Gasteiger charge is 2.64. The van der Waals surface area contributed by atoms with E-state index in [4.69, 9.17) is 0 Å². The molecule has 35 heavy (non-hydrogen) atoms. The van der Waals surface area contributed by atoms with E-state index in [1.165, 1.54) is 16.2 Å². The third kappa shape index (κ3) is 2.83. The van der Waals surface area contributed by atoms with E-state index in [0.717, 1.165) is 21.9 Å². The molecule has 0 saturated carbocycles. The normalized spacial score (nSPS) is 24.6. The van der Waals surface area contributed by atoms with Gasteiger partial charge in [0.2, 0.25) is 11.8 Å². The number of thiophene rings is 1. The van der Waals surface area contributed by atoms with Crippen LogP contribution in [0.5, 0.6) is 0 Å². The number of hydrogen-bond donors (Lipinski definition) is 0. The first-order chi connectivity index (χ1) is 17.1. The van der Waals surface area contributed by atoms with Gasteiger partial charge in [-0.25, -0.2) is 4.90 Å². The minimum atomic E-state index is -0.746. The highest BCUT2D eigenvalue weighted by atomic mass is 32.1. The predicted molar refractivity (Wildman–Crippen MR) is 136 cm³/mol. The van der Waals surface area contributed by atoms with Gasteiger partial charge in [0.25, 0.3) is 0 Å². The summed E-state index contributed by atoms with van der Waals surface area (Å²) < 4.78 is 0. The van der Waals surface area contributed by atoms with E-state index in [1.807, 2.05) is 95.4 Å². The molecule has 0 bridgehead atoms. The van der Waals surface area contributed by atoms with Crippen LogP contribution in [-0.4, -0.2) is 28.5 Å². The Hall–Kier alpha value is -4.03. The average Bonchev–Trinajstić information content (AvgIpc) is 3.60. The molecule has 3 aliphatic heterocycles. The number of hydrogen-bond acceptors (Lipinski definition) is 5. The van der Waals surface area contributed by atoms with E-state index in [0.29, 0.717) is 10.6 Å². The van der Waals surface area contributed by atoms with Crippen molar-refractivity contribution in [3.8, 4) is 0 Å². The standard InChI is InChI=1S/C29H20N2O3S/c32-27(22-10-5-15-35-22)26-24-23(25-21-9-4-3-7-18(21)13-14-30(25)26)28(33)31(29(24)34)20-12-11-17-6-1-2-8-19(17)16-20/h1-16,23-26H. The van der Waals surface area contributed by atoms with Crippen LogP contribution in [0.4, 0.5) is 5.69 Å². The van der Waals surface area contributed by atoms with Crippen molar-refractivity contribution < 1.29 is 14.4 Å². The zero-order valence-electron chi connectivity index (χ0n) is 18.6. The van der Waals surface area contributed by atoms with Gasteiger partial charge in [-0.15, -0.1) is 11.3 Å². The van der Waals surface area contributed by atoms with E-state index < -0.39 is 17.9 Å². The fourth-order valence-corrected chi connectivity index (χ4v) is 6.69. The number of carbonyl (C=O) groups is 3. The van der Waals surface area contributed by atoms with Crippen LogP contribution < -0.4 is 4.90 Å². The zero-order valence-corrected chi connectivity index (χ0v) is 19.4. The van der Waals surface area contributed by atoms with Crippen LogP contribution in [0.25, 0.3) is 16.8 Å². The minimum absolute atomic E-state index is 0.108. The molecule has 2 amide bonds. The number of imide groups is 1. The largest absolute Gasteiger partial charge is 0.358 e. The first-order valence-corrected chi connectivity index (χ1v) is 12.5. The van der Waals surface area contributed by atoms with E-state index in [2.05, 4.69) is 0 Å². The molecule has 4 aromatic rings. The van der Waals surface area contributed by atoms with Crippen LogP contribution in [0.3, 0.4) is 0 Å². The highest BCUT2D eigenvalue weighted by Crippen LogP contribution is 2.53. The van der Waals surface area contributed by atoms with Gasteiger partial charge >= 0.3 is 0 Å². The van der Waals surface area contributed by atoms with Crippen molar-refractivity contribution in [2.45, 2.75) is 12.1 Å². The number of nitrogens with zero attached hydrogens (tertiary/aromatic N) is 2. The van der Waals surface area contributed by atoms with Crippen molar-refractivity contribution in [2.24, 2.45) is 11.8 Å². The van der Waals surface area contributed by atoms with Gasteiger partial charge in [-0.2, -0.15) is 0 Å². The smallest absolute Gasteiger partial charge is 0.240 e. The number of ketones is 1. The molecule has 0 spiro atoms. The van der Waals surface area contributed by atoms with Crippen LogP contribution in [0, 0.1) is 11.8 Å². The van der Waals surface area contributed by atoms with Crippen LogP contribution in [0.2, 0.25) is 0 Å². The molecule has 0 aliphatic carbocycles. The van der Waals surface area contributed by atoms with Gasteiger partial charge < -0.3 is 4.90 Å². The monoisotopic (exact) mass is 476 g/mol. The molecular weight excluding hydrogens is 456 g/mol. The fourth-order valence-electron chi connectivity index (χ4n) is 5.99. The van der Waals surface area contributed by atoms with Gasteiger partial charge in [0.15, 0.2) is 5.78 Å². The number of fused-ring (bicyclic) bond motifs is 6. The second-order valence-electron chi connectivity index (χ2n) is 9.22. The number of benzene rings is 3. The van der Waals surface area contributed by atoms with Gasteiger partial charge in [-0.3, -0.25) is 14.4 Å². The van der Waals surface area contributed by atoms with Crippen molar-refractivity contribution in [3.63, 3.8) is 0 Å². The summed E-state index contributed by atoms with van der Waals surface area (Å²) in [4.78, 5) is 45.6. The summed E-state index contributed by atoms with van der Waals surface area (Å²) in [7, 11) is 0. The molecule has 5 nitrogen and oxygen atoms in total. The summed E-state index contributed by atoms with van der Waals surface area (Å²) in [5, 5.41) is 3.86. The lowest BCUT2D eigenvalue weighted by Gasteiger charge is -2.35. The zero-order chi connectivity index (χ0) is 23.7. The average molecular weight is 477 g/mol. The van der Waals surface area contributed by atoms with Gasteiger partial charge in [-0.05, 0) is 51.6 Å². The first kappa shape index (κ1) is 20.4. The molecular formula is C29H20N2O3S. The SMILES string of the molecule is O=C(c1cccs1)C1C2C(=O)N(c3ccc4ccccc4c3)C(=O)C2C2c3ccccc3C=CN12. The van der Waals surface area contributed by atoms with Gasteiger partial charge in [-0.1, -0.05) is 60.7 Å². The van der Waals surface area contributed by atoms with Crippen molar-refractivity contribution >= 4 is 51.5 Å². The second-order valence-corrected chi connectivity index (χ2v) is 10.2. The Morgan fingerprint density at radius 2 is 1.57 bits per heavy atom. The number of Topliss-reactive ketones (excluding diaryl/α,β-unsaturated/α-hetero) is 1. The topological polar surface area (TPSA) is 57.7 Å². The molecule has 2 saturated heterocycles. The van der Waals surface area contributed by atoms with E-state index in [9.17, 15) is 14.4 Å². The highest BCUT2D eigenvalue weighted by molar-refractivity contribution is 7.12. The maximum atomic E-state index is 14.0. The minimum Gasteiger partial charge on any atom is -0.358 e. The summed E-state index contributed by atoms with van der Waals surface area (Å²) in [6, 6.07) is 24.0. The molecule has 4 atom stereocenters. The Balaban J connectivity index is 1.38. The molecule has 170 valence electrons. The first-order valence-electron chi connectivity index (χ1n) is 11.6. The summed E-state index contributed by atoms with van der Waals surface area (Å²) in [5.74, 6) is -2.02.